The van der Waals surface area contributed by atoms with Crippen LogP contribution in [0.4, 0.5) is 8.78 Å². The molecule has 0 aromatic heterocycles. The predicted octanol–water partition coefficient (Wildman–Crippen LogP) is 2.44. The Morgan fingerprint density at radius 1 is 1.43 bits per heavy atom. The highest BCUT2D eigenvalue weighted by atomic mass is 19.3. The maximum atomic E-state index is 12.9. The van der Waals surface area contributed by atoms with Gasteiger partial charge in [-0.15, -0.1) is 0 Å². The smallest absolute Gasteiger partial charge is 0.248 e. The minimum absolute atomic E-state index is 0.0273. The van der Waals surface area contributed by atoms with Crippen molar-refractivity contribution in [1.82, 2.24) is 5.43 Å². The third-order valence-corrected chi connectivity index (χ3v) is 3.14. The van der Waals surface area contributed by atoms with Crippen molar-refractivity contribution in [3.05, 3.63) is 0 Å². The van der Waals surface area contributed by atoms with E-state index in [1.807, 2.05) is 0 Å². The summed E-state index contributed by atoms with van der Waals surface area (Å²) in [4.78, 5) is 0. The summed E-state index contributed by atoms with van der Waals surface area (Å²) in [5.41, 5.74) is 2.76. The molecule has 4 heteroatoms. The highest BCUT2D eigenvalue weighted by Gasteiger charge is 2.36. The van der Waals surface area contributed by atoms with Gasteiger partial charge in [0.15, 0.2) is 0 Å². The Balaban J connectivity index is 2.39. The molecule has 1 fully saturated rings. The molecule has 0 saturated heterocycles. The largest absolute Gasteiger partial charge is 0.271 e. The van der Waals surface area contributed by atoms with E-state index in [-0.39, 0.29) is 18.9 Å². The maximum absolute atomic E-state index is 12.9. The summed E-state index contributed by atoms with van der Waals surface area (Å²) < 4.78 is 25.8. The summed E-state index contributed by atoms with van der Waals surface area (Å²) in [6.07, 6.45) is 3.28. The van der Waals surface area contributed by atoms with Crippen LogP contribution in [-0.4, -0.2) is 12.0 Å². The highest BCUT2D eigenvalue weighted by Crippen LogP contribution is 2.37. The number of alkyl halides is 2. The van der Waals surface area contributed by atoms with Gasteiger partial charge in [-0.05, 0) is 25.2 Å². The van der Waals surface area contributed by atoms with E-state index < -0.39 is 5.92 Å². The molecule has 0 amide bonds. The molecule has 1 atom stereocenters. The fraction of sp³-hybridized carbons (Fsp3) is 1.00. The number of nitrogens with two attached hydrogens (primary N) is 1. The van der Waals surface area contributed by atoms with Crippen LogP contribution in [0.5, 0.6) is 0 Å². The lowest BCUT2D eigenvalue weighted by atomic mass is 9.81. The van der Waals surface area contributed by atoms with Crippen LogP contribution in [0.3, 0.4) is 0 Å². The van der Waals surface area contributed by atoms with Crippen LogP contribution in [0.1, 0.15) is 45.4 Å². The quantitative estimate of drug-likeness (QED) is 0.547. The van der Waals surface area contributed by atoms with Crippen molar-refractivity contribution in [1.29, 1.82) is 0 Å². The minimum atomic E-state index is -2.43. The first kappa shape index (κ1) is 11.9. The van der Waals surface area contributed by atoms with Gasteiger partial charge in [0, 0.05) is 18.9 Å². The Hall–Kier alpha value is -0.220. The van der Waals surface area contributed by atoms with Gasteiger partial charge in [-0.25, -0.2) is 8.78 Å². The molecular formula is C10H20F2N2. The molecule has 0 aromatic carbocycles. The number of rotatable bonds is 4. The Morgan fingerprint density at radius 2 is 2.00 bits per heavy atom. The van der Waals surface area contributed by atoms with Crippen molar-refractivity contribution < 1.29 is 8.78 Å². The average molecular weight is 206 g/mol. The molecule has 1 saturated carbocycles. The summed E-state index contributed by atoms with van der Waals surface area (Å²) in [6.45, 7) is 2.09. The van der Waals surface area contributed by atoms with Crippen LogP contribution >= 0.6 is 0 Å². The lowest BCUT2D eigenvalue weighted by Crippen LogP contribution is -2.43. The van der Waals surface area contributed by atoms with Crippen LogP contribution in [0, 0.1) is 5.92 Å². The number of hydrogen-bond donors (Lipinski definition) is 2. The Kier molecular flexibility index (Phi) is 4.26. The standard InChI is InChI=1S/C10H20F2N2/c1-2-3-9(14-13)8-4-6-10(11,12)7-5-8/h8-9,14H,2-7,13H2,1H3. The number of hydrogen-bond acceptors (Lipinski definition) is 2. The molecule has 0 radical (unpaired) electrons. The van der Waals surface area contributed by atoms with Gasteiger partial charge in [0.25, 0.3) is 0 Å². The summed E-state index contributed by atoms with van der Waals surface area (Å²) in [7, 11) is 0. The van der Waals surface area contributed by atoms with E-state index in [0.29, 0.717) is 18.8 Å². The second-order valence-corrected chi connectivity index (χ2v) is 4.26. The Labute approximate surface area is 84.2 Å². The molecule has 0 aromatic rings. The summed E-state index contributed by atoms with van der Waals surface area (Å²) in [6, 6.07) is 0.219. The van der Waals surface area contributed by atoms with E-state index in [0.717, 1.165) is 12.8 Å². The highest BCUT2D eigenvalue weighted by molar-refractivity contribution is 4.83. The molecule has 0 aliphatic heterocycles. The molecule has 14 heavy (non-hydrogen) atoms. The van der Waals surface area contributed by atoms with Crippen LogP contribution in [0.15, 0.2) is 0 Å². The lowest BCUT2D eigenvalue weighted by Gasteiger charge is -2.33. The van der Waals surface area contributed by atoms with E-state index in [4.69, 9.17) is 5.84 Å². The Bertz CT molecular complexity index is 164. The van der Waals surface area contributed by atoms with E-state index in [2.05, 4.69) is 12.3 Å². The lowest BCUT2D eigenvalue weighted by molar-refractivity contribution is -0.0499. The van der Waals surface area contributed by atoms with E-state index in [1.54, 1.807) is 0 Å². The summed E-state index contributed by atoms with van der Waals surface area (Å²) >= 11 is 0. The summed E-state index contributed by atoms with van der Waals surface area (Å²) in [5.74, 6) is 3.32. The third-order valence-electron chi connectivity index (χ3n) is 3.14. The van der Waals surface area contributed by atoms with Crippen molar-refractivity contribution in [2.45, 2.75) is 57.4 Å². The van der Waals surface area contributed by atoms with Gasteiger partial charge in [0.05, 0.1) is 0 Å². The second-order valence-electron chi connectivity index (χ2n) is 4.26. The number of nitrogens with one attached hydrogen (secondary N) is 1. The van der Waals surface area contributed by atoms with Gasteiger partial charge in [-0.3, -0.25) is 11.3 Å². The SMILES string of the molecule is CCCC(NN)C1CCC(F)(F)CC1. The summed E-state index contributed by atoms with van der Waals surface area (Å²) in [5, 5.41) is 0. The first-order valence-corrected chi connectivity index (χ1v) is 5.43. The topological polar surface area (TPSA) is 38.0 Å². The second kappa shape index (κ2) is 5.03. The number of hydrazine groups is 1. The molecule has 1 rings (SSSR count). The molecule has 1 unspecified atom stereocenters. The van der Waals surface area contributed by atoms with Gasteiger partial charge in [-0.1, -0.05) is 13.3 Å². The zero-order chi connectivity index (χ0) is 10.6. The van der Waals surface area contributed by atoms with Gasteiger partial charge < -0.3 is 0 Å². The Morgan fingerprint density at radius 3 is 2.43 bits per heavy atom. The van der Waals surface area contributed by atoms with Gasteiger partial charge in [0.2, 0.25) is 5.92 Å². The zero-order valence-corrected chi connectivity index (χ0v) is 8.73. The monoisotopic (exact) mass is 206 g/mol. The minimum Gasteiger partial charge on any atom is -0.271 e. The van der Waals surface area contributed by atoms with Gasteiger partial charge in [0.1, 0.15) is 0 Å². The molecule has 0 bridgehead atoms. The molecule has 3 N–H and O–H groups in total. The van der Waals surface area contributed by atoms with Crippen molar-refractivity contribution in [3.63, 3.8) is 0 Å². The molecule has 1 aliphatic carbocycles. The van der Waals surface area contributed by atoms with Crippen LogP contribution in [0.25, 0.3) is 0 Å². The average Bonchev–Trinajstić information content (AvgIpc) is 2.15. The zero-order valence-electron chi connectivity index (χ0n) is 8.73. The number of halogens is 2. The molecule has 1 aliphatic rings. The third kappa shape index (κ3) is 3.17. The van der Waals surface area contributed by atoms with Gasteiger partial charge >= 0.3 is 0 Å². The van der Waals surface area contributed by atoms with Gasteiger partial charge in [-0.2, -0.15) is 0 Å². The van der Waals surface area contributed by atoms with Crippen LogP contribution < -0.4 is 11.3 Å². The van der Waals surface area contributed by atoms with Crippen molar-refractivity contribution in [2.24, 2.45) is 11.8 Å². The van der Waals surface area contributed by atoms with Crippen molar-refractivity contribution in [2.75, 3.05) is 0 Å². The molecule has 84 valence electrons. The molecule has 2 nitrogen and oxygen atoms in total. The molecule has 0 spiro atoms. The van der Waals surface area contributed by atoms with Crippen molar-refractivity contribution >= 4 is 0 Å². The molecule has 0 heterocycles. The van der Waals surface area contributed by atoms with E-state index in [1.165, 1.54) is 0 Å². The van der Waals surface area contributed by atoms with Crippen molar-refractivity contribution in [3.8, 4) is 0 Å². The van der Waals surface area contributed by atoms with E-state index in [9.17, 15) is 8.78 Å². The van der Waals surface area contributed by atoms with E-state index >= 15 is 0 Å². The predicted molar refractivity (Wildman–Crippen MR) is 52.9 cm³/mol. The van der Waals surface area contributed by atoms with Crippen LogP contribution in [0.2, 0.25) is 0 Å². The fourth-order valence-electron chi connectivity index (χ4n) is 2.23. The normalized spacial score (nSPS) is 24.9. The van der Waals surface area contributed by atoms with Crippen LogP contribution in [-0.2, 0) is 0 Å². The first-order valence-electron chi connectivity index (χ1n) is 5.43. The first-order chi connectivity index (χ1) is 6.59. The fourth-order valence-corrected chi connectivity index (χ4v) is 2.23. The maximum Gasteiger partial charge on any atom is 0.248 e. The molecular weight excluding hydrogens is 186 g/mol.